The summed E-state index contributed by atoms with van der Waals surface area (Å²) in [5.41, 5.74) is 7.12. The number of hydrogen-bond donors (Lipinski definition) is 0. The summed E-state index contributed by atoms with van der Waals surface area (Å²) < 4.78 is 0. The van der Waals surface area contributed by atoms with Crippen LogP contribution in [0.4, 0.5) is 0 Å². The number of benzene rings is 3. The molecule has 1 aliphatic carbocycles. The second kappa shape index (κ2) is 6.51. The monoisotopic (exact) mass is 404 g/mol. The van der Waals surface area contributed by atoms with Crippen LogP contribution in [-0.2, 0) is 5.41 Å². The largest absolute Gasteiger partial charge is 0.262 e. The zero-order chi connectivity index (χ0) is 20.1. The van der Waals surface area contributed by atoms with E-state index in [-0.39, 0.29) is 0 Å². The fraction of sp³-hybridized carbons (Fsp3) is 0.0370. The normalized spacial score (nSPS) is 17.0. The Morgan fingerprint density at radius 1 is 0.700 bits per heavy atom. The molecule has 0 saturated carbocycles. The number of nitrogens with zero attached hydrogens (tertiary/aromatic N) is 2. The number of pyridine rings is 2. The van der Waals surface area contributed by atoms with Crippen LogP contribution in [0.3, 0.4) is 0 Å². The predicted molar refractivity (Wildman–Crippen MR) is 122 cm³/mol. The smallest absolute Gasteiger partial charge is 0.0889 e. The lowest BCUT2D eigenvalue weighted by atomic mass is 9.70. The molecule has 5 aromatic rings. The van der Waals surface area contributed by atoms with E-state index in [1.54, 1.807) is 6.20 Å². The van der Waals surface area contributed by atoms with Crippen LogP contribution < -0.4 is 0 Å². The zero-order valence-electron chi connectivity index (χ0n) is 16.1. The predicted octanol–water partition coefficient (Wildman–Crippen LogP) is 6.65. The molecule has 1 unspecified atom stereocenters. The van der Waals surface area contributed by atoms with Crippen LogP contribution in [0.5, 0.6) is 0 Å². The second-order valence-electron chi connectivity index (χ2n) is 7.59. The molecule has 0 aliphatic heterocycles. The molecule has 0 radical (unpaired) electrons. The molecule has 0 amide bonds. The first-order valence-corrected chi connectivity index (χ1v) is 10.3. The Labute approximate surface area is 179 Å². The van der Waals surface area contributed by atoms with Gasteiger partial charge in [0.15, 0.2) is 0 Å². The molecule has 3 heteroatoms. The van der Waals surface area contributed by atoms with E-state index in [1.165, 1.54) is 11.1 Å². The van der Waals surface area contributed by atoms with Gasteiger partial charge in [0.25, 0.3) is 0 Å². The number of halogens is 1. The van der Waals surface area contributed by atoms with E-state index in [0.29, 0.717) is 0 Å². The van der Waals surface area contributed by atoms with Crippen molar-refractivity contribution in [2.75, 3.05) is 0 Å². The quantitative estimate of drug-likeness (QED) is 0.323. The van der Waals surface area contributed by atoms with Crippen molar-refractivity contribution >= 4 is 22.5 Å². The fourth-order valence-corrected chi connectivity index (χ4v) is 5.16. The highest BCUT2D eigenvalue weighted by atomic mass is 35.5. The van der Waals surface area contributed by atoms with E-state index in [2.05, 4.69) is 77.8 Å². The summed E-state index contributed by atoms with van der Waals surface area (Å²) >= 11 is 6.76. The van der Waals surface area contributed by atoms with Gasteiger partial charge in [-0.1, -0.05) is 84.4 Å². The molecule has 2 heterocycles. The highest BCUT2D eigenvalue weighted by Gasteiger charge is 2.47. The minimum atomic E-state index is -0.540. The van der Waals surface area contributed by atoms with Gasteiger partial charge in [-0.3, -0.25) is 4.98 Å². The maximum atomic E-state index is 6.76. The Bertz CT molecular complexity index is 1410. The summed E-state index contributed by atoms with van der Waals surface area (Å²) in [5.74, 6) is 0. The first-order chi connectivity index (χ1) is 14.8. The summed E-state index contributed by atoms with van der Waals surface area (Å²) in [7, 11) is 0. The Morgan fingerprint density at radius 3 is 2.40 bits per heavy atom. The van der Waals surface area contributed by atoms with Crippen molar-refractivity contribution in [3.63, 3.8) is 0 Å². The Morgan fingerprint density at radius 2 is 1.50 bits per heavy atom. The first-order valence-electron chi connectivity index (χ1n) is 9.96. The third-order valence-electron chi connectivity index (χ3n) is 6.10. The van der Waals surface area contributed by atoms with Crippen LogP contribution in [0.2, 0.25) is 5.02 Å². The van der Waals surface area contributed by atoms with Gasteiger partial charge in [-0.05, 0) is 40.5 Å². The molecule has 2 nitrogen and oxygen atoms in total. The first kappa shape index (κ1) is 17.4. The third kappa shape index (κ3) is 2.25. The van der Waals surface area contributed by atoms with Crippen molar-refractivity contribution in [3.05, 3.63) is 131 Å². The third-order valence-corrected chi connectivity index (χ3v) is 6.42. The highest BCUT2D eigenvalue weighted by Crippen LogP contribution is 2.57. The standard InChI is InChI=1S/C27H17ClN2/c28-23-12-6-11-22-26(23)20-9-4-5-10-21(20)27(22,19-7-2-1-3-8-19)25-14-13-18-15-16-29-17-24(18)30-25/h1-17H. The molecule has 142 valence electrons. The SMILES string of the molecule is Clc1cccc2c1-c1ccccc1C2(c1ccccc1)c1ccc2ccncc2n1. The van der Waals surface area contributed by atoms with Crippen LogP contribution in [0.25, 0.3) is 22.0 Å². The molecule has 0 fully saturated rings. The maximum absolute atomic E-state index is 6.76. The lowest BCUT2D eigenvalue weighted by Gasteiger charge is -2.32. The second-order valence-corrected chi connectivity index (χ2v) is 8.00. The topological polar surface area (TPSA) is 25.8 Å². The van der Waals surface area contributed by atoms with Gasteiger partial charge in [-0.2, -0.15) is 0 Å². The Hall–Kier alpha value is -3.49. The van der Waals surface area contributed by atoms with Crippen molar-refractivity contribution in [2.45, 2.75) is 5.41 Å². The average molecular weight is 405 g/mol. The summed E-state index contributed by atoms with van der Waals surface area (Å²) in [6.07, 6.45) is 3.63. The Kier molecular flexibility index (Phi) is 3.77. The van der Waals surface area contributed by atoms with Gasteiger partial charge in [0.05, 0.1) is 22.8 Å². The summed E-state index contributed by atoms with van der Waals surface area (Å²) in [4.78, 5) is 9.42. The van der Waals surface area contributed by atoms with Gasteiger partial charge in [0.1, 0.15) is 0 Å². The lowest BCUT2D eigenvalue weighted by molar-refractivity contribution is 0.739. The van der Waals surface area contributed by atoms with Crippen LogP contribution in [0, 0.1) is 0 Å². The lowest BCUT2D eigenvalue weighted by Crippen LogP contribution is -2.29. The van der Waals surface area contributed by atoms with E-state index in [1.807, 2.05) is 24.4 Å². The zero-order valence-corrected chi connectivity index (χ0v) is 16.8. The number of hydrogen-bond acceptors (Lipinski definition) is 2. The molecule has 0 N–H and O–H groups in total. The van der Waals surface area contributed by atoms with Gasteiger partial charge >= 0.3 is 0 Å². The van der Waals surface area contributed by atoms with Crippen LogP contribution >= 0.6 is 11.6 Å². The molecule has 0 spiro atoms. The van der Waals surface area contributed by atoms with E-state index in [4.69, 9.17) is 16.6 Å². The van der Waals surface area contributed by atoms with Crippen LogP contribution in [-0.4, -0.2) is 9.97 Å². The maximum Gasteiger partial charge on any atom is 0.0889 e. The van der Waals surface area contributed by atoms with Gasteiger partial charge in [0.2, 0.25) is 0 Å². The van der Waals surface area contributed by atoms with Crippen molar-refractivity contribution in [1.82, 2.24) is 9.97 Å². The number of fused-ring (bicyclic) bond motifs is 4. The molecular weight excluding hydrogens is 388 g/mol. The molecule has 6 rings (SSSR count). The summed E-state index contributed by atoms with van der Waals surface area (Å²) in [6.45, 7) is 0. The number of rotatable bonds is 2. The van der Waals surface area contributed by atoms with E-state index in [9.17, 15) is 0 Å². The summed E-state index contributed by atoms with van der Waals surface area (Å²) in [6, 6.07) is 31.6. The Balaban J connectivity index is 1.81. The average Bonchev–Trinajstić information content (AvgIpc) is 3.12. The number of aromatic nitrogens is 2. The molecule has 3 aromatic carbocycles. The van der Waals surface area contributed by atoms with Gasteiger partial charge in [0, 0.05) is 22.2 Å². The minimum absolute atomic E-state index is 0.540. The van der Waals surface area contributed by atoms with Crippen LogP contribution in [0.15, 0.2) is 103 Å². The molecule has 0 saturated heterocycles. The van der Waals surface area contributed by atoms with Crippen molar-refractivity contribution in [3.8, 4) is 11.1 Å². The molecular formula is C27H17ClN2. The van der Waals surface area contributed by atoms with Crippen molar-refractivity contribution in [1.29, 1.82) is 0 Å². The molecule has 30 heavy (non-hydrogen) atoms. The fourth-order valence-electron chi connectivity index (χ4n) is 4.88. The molecule has 0 bridgehead atoms. The minimum Gasteiger partial charge on any atom is -0.262 e. The molecule has 2 aromatic heterocycles. The summed E-state index contributed by atoms with van der Waals surface area (Å²) in [5, 5.41) is 1.84. The van der Waals surface area contributed by atoms with E-state index in [0.717, 1.165) is 38.3 Å². The van der Waals surface area contributed by atoms with Gasteiger partial charge in [-0.25, -0.2) is 4.98 Å². The van der Waals surface area contributed by atoms with Crippen molar-refractivity contribution < 1.29 is 0 Å². The molecule has 1 atom stereocenters. The highest BCUT2D eigenvalue weighted by molar-refractivity contribution is 6.34. The van der Waals surface area contributed by atoms with Crippen LogP contribution in [0.1, 0.15) is 22.4 Å². The van der Waals surface area contributed by atoms with Gasteiger partial charge in [-0.15, -0.1) is 0 Å². The van der Waals surface area contributed by atoms with E-state index >= 15 is 0 Å². The molecule has 1 aliphatic rings. The van der Waals surface area contributed by atoms with Gasteiger partial charge < -0.3 is 0 Å². The van der Waals surface area contributed by atoms with E-state index < -0.39 is 5.41 Å². The van der Waals surface area contributed by atoms with Crippen molar-refractivity contribution in [2.24, 2.45) is 0 Å².